The molecule has 1 amide bonds. The minimum absolute atomic E-state index is 0.0968. The predicted molar refractivity (Wildman–Crippen MR) is 132 cm³/mol. The number of amides is 1. The lowest BCUT2D eigenvalue weighted by Gasteiger charge is -2.15. The van der Waals surface area contributed by atoms with E-state index >= 15 is 0 Å². The first-order valence-electron chi connectivity index (χ1n) is 9.71. The molecule has 0 radical (unpaired) electrons. The minimum Gasteiger partial charge on any atom is -0.484 e. The van der Waals surface area contributed by atoms with Gasteiger partial charge >= 0.3 is 0 Å². The van der Waals surface area contributed by atoms with Gasteiger partial charge in [0, 0.05) is 15.1 Å². The van der Waals surface area contributed by atoms with Gasteiger partial charge in [0.1, 0.15) is 5.75 Å². The number of carbonyl (C=O) groups is 1. The Morgan fingerprint density at radius 1 is 1.00 bits per heavy atom. The molecule has 32 heavy (non-hydrogen) atoms. The van der Waals surface area contributed by atoms with Crippen LogP contribution in [0.2, 0.25) is 0 Å². The van der Waals surface area contributed by atoms with Gasteiger partial charge in [-0.2, -0.15) is 0 Å². The summed E-state index contributed by atoms with van der Waals surface area (Å²) in [4.78, 5) is 13.5. The number of rotatable bonds is 9. The second kappa shape index (κ2) is 10.9. The van der Waals surface area contributed by atoms with Crippen LogP contribution in [0.15, 0.2) is 87.1 Å². The van der Waals surface area contributed by atoms with E-state index in [1.807, 2.05) is 37.4 Å². The van der Waals surface area contributed by atoms with Crippen LogP contribution in [0.4, 0.5) is 5.69 Å². The lowest BCUT2D eigenvalue weighted by atomic mass is 10.1. The number of sulfonamides is 1. The van der Waals surface area contributed by atoms with Crippen LogP contribution >= 0.6 is 27.7 Å². The lowest BCUT2D eigenvalue weighted by Crippen LogP contribution is -2.31. The monoisotopic (exact) mass is 534 g/mol. The zero-order valence-electron chi connectivity index (χ0n) is 17.5. The molecule has 3 aromatic carbocycles. The Balaban J connectivity index is 1.53. The largest absolute Gasteiger partial charge is 0.484 e. The number of hydrogen-bond donors (Lipinski definition) is 2. The summed E-state index contributed by atoms with van der Waals surface area (Å²) in [5, 5.41) is 2.89. The van der Waals surface area contributed by atoms with Crippen LogP contribution in [0.1, 0.15) is 18.5 Å². The second-order valence-corrected chi connectivity index (χ2v) is 10.4. The van der Waals surface area contributed by atoms with Gasteiger partial charge in [-0.1, -0.05) is 28.1 Å². The van der Waals surface area contributed by atoms with Crippen LogP contribution in [0.3, 0.4) is 0 Å². The molecule has 3 rings (SSSR count). The summed E-state index contributed by atoms with van der Waals surface area (Å²) >= 11 is 4.97. The van der Waals surface area contributed by atoms with E-state index in [4.69, 9.17) is 4.74 Å². The predicted octanol–water partition coefficient (Wildman–Crippen LogP) is 5.23. The van der Waals surface area contributed by atoms with Crippen molar-refractivity contribution in [2.24, 2.45) is 0 Å². The zero-order valence-corrected chi connectivity index (χ0v) is 20.8. The molecule has 2 N–H and O–H groups in total. The number of thioether (sulfide) groups is 1. The highest BCUT2D eigenvalue weighted by atomic mass is 79.9. The van der Waals surface area contributed by atoms with Gasteiger partial charge in [0.05, 0.1) is 10.9 Å². The number of ether oxygens (including phenoxy) is 1. The molecular formula is C23H23BrN2O4S2. The van der Waals surface area contributed by atoms with Crippen LogP contribution in [0.5, 0.6) is 5.75 Å². The van der Waals surface area contributed by atoms with Crippen molar-refractivity contribution in [3.8, 4) is 5.75 Å². The van der Waals surface area contributed by atoms with Gasteiger partial charge in [-0.05, 0) is 79.4 Å². The Morgan fingerprint density at radius 3 is 2.22 bits per heavy atom. The number of nitrogens with one attached hydrogen (secondary N) is 2. The quantitative estimate of drug-likeness (QED) is 0.367. The molecule has 0 fully saturated rings. The highest BCUT2D eigenvalue weighted by Crippen LogP contribution is 2.21. The fraction of sp³-hybridized carbons (Fsp3) is 0.174. The summed E-state index contributed by atoms with van der Waals surface area (Å²) in [5.74, 6) is 0.139. The molecule has 9 heteroatoms. The molecule has 0 heterocycles. The van der Waals surface area contributed by atoms with Crippen LogP contribution in [0, 0.1) is 0 Å². The summed E-state index contributed by atoms with van der Waals surface area (Å²) in [5.41, 5.74) is 1.46. The van der Waals surface area contributed by atoms with Gasteiger partial charge in [0.2, 0.25) is 0 Å². The number of carbonyl (C=O) groups excluding carboxylic acids is 1. The Hall–Kier alpha value is -2.49. The molecule has 3 aromatic rings. The number of halogens is 1. The highest BCUT2D eigenvalue weighted by molar-refractivity contribution is 9.10. The first kappa shape index (κ1) is 24.2. The number of hydrogen-bond acceptors (Lipinski definition) is 5. The molecule has 0 aliphatic heterocycles. The summed E-state index contributed by atoms with van der Waals surface area (Å²) < 4.78 is 33.9. The Morgan fingerprint density at radius 2 is 1.62 bits per heavy atom. The third-order valence-corrected chi connectivity index (χ3v) is 7.26. The van der Waals surface area contributed by atoms with Crippen molar-refractivity contribution in [3.63, 3.8) is 0 Å². The normalized spacial score (nSPS) is 12.1. The highest BCUT2D eigenvalue weighted by Gasteiger charge is 2.15. The van der Waals surface area contributed by atoms with Crippen molar-refractivity contribution >= 4 is 49.3 Å². The van der Waals surface area contributed by atoms with E-state index < -0.39 is 10.0 Å². The molecule has 0 aliphatic rings. The first-order valence-corrected chi connectivity index (χ1v) is 13.2. The Kier molecular flexibility index (Phi) is 8.22. The summed E-state index contributed by atoms with van der Waals surface area (Å²) in [6.07, 6.45) is 2.01. The molecule has 0 saturated heterocycles. The average molecular weight is 535 g/mol. The second-order valence-electron chi connectivity index (χ2n) is 6.93. The maximum atomic E-state index is 12.5. The number of benzene rings is 3. The maximum absolute atomic E-state index is 12.5. The van der Waals surface area contributed by atoms with E-state index in [0.717, 1.165) is 14.9 Å². The molecule has 0 aromatic heterocycles. The summed E-state index contributed by atoms with van der Waals surface area (Å²) in [7, 11) is -3.73. The van der Waals surface area contributed by atoms with Crippen LogP contribution in [0.25, 0.3) is 0 Å². The third-order valence-electron chi connectivity index (χ3n) is 4.59. The van der Waals surface area contributed by atoms with Crippen LogP contribution in [-0.4, -0.2) is 27.2 Å². The van der Waals surface area contributed by atoms with Crippen LogP contribution in [-0.2, 0) is 14.8 Å². The molecular weight excluding hydrogens is 512 g/mol. The Bertz CT molecular complexity index is 1150. The lowest BCUT2D eigenvalue weighted by molar-refractivity contribution is -0.123. The van der Waals surface area contributed by atoms with Crippen molar-refractivity contribution in [2.45, 2.75) is 22.8 Å². The minimum atomic E-state index is -3.73. The topological polar surface area (TPSA) is 84.5 Å². The maximum Gasteiger partial charge on any atom is 0.261 e. The van der Waals surface area contributed by atoms with Gasteiger partial charge in [-0.3, -0.25) is 9.52 Å². The van der Waals surface area contributed by atoms with Gasteiger partial charge in [-0.15, -0.1) is 11.8 Å². The SMILES string of the molecule is CSc1ccc([C@@H](C)NC(=O)COc2ccc(S(=O)(=O)Nc3ccc(Br)cc3)cc2)cc1. The fourth-order valence-corrected chi connectivity index (χ4v) is 4.59. The molecule has 0 aliphatic carbocycles. The summed E-state index contributed by atoms with van der Waals surface area (Å²) in [6, 6.07) is 20.6. The molecule has 1 atom stereocenters. The Labute approximate surface area is 200 Å². The van der Waals surface area contributed by atoms with E-state index in [2.05, 4.69) is 26.0 Å². The van der Waals surface area contributed by atoms with Gasteiger partial charge in [0.25, 0.3) is 15.9 Å². The molecule has 0 unspecified atom stereocenters. The zero-order chi connectivity index (χ0) is 23.1. The summed E-state index contributed by atoms with van der Waals surface area (Å²) in [6.45, 7) is 1.74. The third kappa shape index (κ3) is 6.75. The molecule has 0 bridgehead atoms. The molecule has 0 spiro atoms. The van der Waals surface area contributed by atoms with E-state index in [-0.39, 0.29) is 23.5 Å². The van der Waals surface area contributed by atoms with E-state index in [1.54, 1.807) is 36.0 Å². The van der Waals surface area contributed by atoms with Crippen molar-refractivity contribution in [2.75, 3.05) is 17.6 Å². The van der Waals surface area contributed by atoms with Crippen molar-refractivity contribution in [1.82, 2.24) is 5.32 Å². The van der Waals surface area contributed by atoms with E-state index in [1.165, 1.54) is 24.3 Å². The van der Waals surface area contributed by atoms with E-state index in [9.17, 15) is 13.2 Å². The molecule has 6 nitrogen and oxygen atoms in total. The van der Waals surface area contributed by atoms with Gasteiger partial charge in [0.15, 0.2) is 6.61 Å². The van der Waals surface area contributed by atoms with Crippen molar-refractivity contribution < 1.29 is 17.9 Å². The molecule has 0 saturated carbocycles. The van der Waals surface area contributed by atoms with Gasteiger partial charge < -0.3 is 10.1 Å². The first-order chi connectivity index (χ1) is 15.3. The van der Waals surface area contributed by atoms with Crippen molar-refractivity contribution in [1.29, 1.82) is 0 Å². The fourth-order valence-electron chi connectivity index (χ4n) is 2.85. The number of anilines is 1. The average Bonchev–Trinajstić information content (AvgIpc) is 2.79. The van der Waals surface area contributed by atoms with Crippen LogP contribution < -0.4 is 14.8 Å². The standard InChI is InChI=1S/C23H23BrN2O4S2/c1-16(17-3-11-21(31-2)12-4-17)25-23(27)15-30-20-9-13-22(14-10-20)32(28,29)26-19-7-5-18(24)6-8-19/h3-14,16,26H,15H2,1-2H3,(H,25,27)/t16-/m1/s1. The van der Waals surface area contributed by atoms with Gasteiger partial charge in [-0.25, -0.2) is 8.42 Å². The van der Waals surface area contributed by atoms with E-state index in [0.29, 0.717) is 11.4 Å². The molecule has 168 valence electrons. The smallest absolute Gasteiger partial charge is 0.261 e. The van der Waals surface area contributed by atoms with Crippen molar-refractivity contribution in [3.05, 3.63) is 82.8 Å².